The molecule has 3 aliphatic heterocycles. The molecule has 9 heteroatoms. The van der Waals surface area contributed by atoms with Gasteiger partial charge in [-0.25, -0.2) is 9.97 Å². The molecule has 0 spiro atoms. The Morgan fingerprint density at radius 2 is 1.23 bits per heavy atom. The predicted octanol–water partition coefficient (Wildman–Crippen LogP) is 11.3. The summed E-state index contributed by atoms with van der Waals surface area (Å²) in [6, 6.07) is 12.4. The first kappa shape index (κ1) is 45.3. The second kappa shape index (κ2) is 22.5. The van der Waals surface area contributed by atoms with Crippen molar-refractivity contribution in [2.75, 3.05) is 31.6 Å². The number of fused-ring (bicyclic) bond motifs is 3. The third-order valence-corrected chi connectivity index (χ3v) is 10.1. The number of aryl methyl sites for hydroxylation is 3. The SMILES string of the molecule is C.CC(C)CCc1ccc2c(c1)OCO2.CC(C)Cc1ccc2c(c1)OCO2.CC(C)c1nc2c(c(N3CCCC3)n1)CCCC2.Cc1cnc(CC(C)C)cn1. The molecular formula is C48H71N5O4. The zero-order valence-electron chi connectivity index (χ0n) is 35.7. The first-order chi connectivity index (χ1) is 26.9. The van der Waals surface area contributed by atoms with Gasteiger partial charge in [0.2, 0.25) is 13.6 Å². The van der Waals surface area contributed by atoms with E-state index in [4.69, 9.17) is 28.9 Å². The van der Waals surface area contributed by atoms with E-state index in [2.05, 4.69) is 94.5 Å². The highest BCUT2D eigenvalue weighted by Gasteiger charge is 2.24. The van der Waals surface area contributed by atoms with Crippen LogP contribution in [0.25, 0.3) is 0 Å². The second-order valence-electron chi connectivity index (χ2n) is 17.0. The third kappa shape index (κ3) is 14.2. The zero-order chi connectivity index (χ0) is 40.0. The molecule has 8 rings (SSSR count). The van der Waals surface area contributed by atoms with E-state index in [0.29, 0.717) is 31.3 Å². The fourth-order valence-electron chi connectivity index (χ4n) is 7.08. The monoisotopic (exact) mass is 782 g/mol. The lowest BCUT2D eigenvalue weighted by atomic mass is 9.95. The van der Waals surface area contributed by atoms with E-state index in [1.54, 1.807) is 0 Å². The highest BCUT2D eigenvalue weighted by atomic mass is 16.7. The molecule has 4 aliphatic rings. The van der Waals surface area contributed by atoms with Crippen LogP contribution in [0.2, 0.25) is 0 Å². The number of anilines is 1. The van der Waals surface area contributed by atoms with Gasteiger partial charge in [0.1, 0.15) is 11.6 Å². The van der Waals surface area contributed by atoms with Gasteiger partial charge in [-0.15, -0.1) is 0 Å². The van der Waals surface area contributed by atoms with Gasteiger partial charge in [0.15, 0.2) is 23.0 Å². The number of hydrogen-bond donors (Lipinski definition) is 0. The minimum Gasteiger partial charge on any atom is -0.454 e. The van der Waals surface area contributed by atoms with Crippen molar-refractivity contribution >= 4 is 5.82 Å². The highest BCUT2D eigenvalue weighted by molar-refractivity contribution is 5.51. The topological polar surface area (TPSA) is 91.7 Å². The van der Waals surface area contributed by atoms with Gasteiger partial charge in [-0.2, -0.15) is 0 Å². The number of aromatic nitrogens is 4. The summed E-state index contributed by atoms with van der Waals surface area (Å²) in [4.78, 5) is 20.6. The number of benzene rings is 2. The number of rotatable bonds is 9. The summed E-state index contributed by atoms with van der Waals surface area (Å²) in [6.45, 7) is 22.7. The van der Waals surface area contributed by atoms with Crippen molar-refractivity contribution in [3.05, 3.63) is 88.4 Å². The van der Waals surface area contributed by atoms with E-state index in [0.717, 1.165) is 71.8 Å². The molecule has 0 bridgehead atoms. The van der Waals surface area contributed by atoms with Crippen molar-refractivity contribution in [3.63, 3.8) is 0 Å². The molecule has 2 aromatic heterocycles. The second-order valence-corrected chi connectivity index (χ2v) is 17.0. The van der Waals surface area contributed by atoms with Gasteiger partial charge in [0, 0.05) is 42.7 Å². The van der Waals surface area contributed by atoms with Crippen molar-refractivity contribution in [2.45, 2.75) is 140 Å². The Morgan fingerprint density at radius 1 is 0.632 bits per heavy atom. The summed E-state index contributed by atoms with van der Waals surface area (Å²) in [5.41, 5.74) is 7.51. The maximum atomic E-state index is 5.32. The molecule has 312 valence electrons. The molecule has 0 unspecified atom stereocenters. The Balaban J connectivity index is 0.000000170. The molecule has 57 heavy (non-hydrogen) atoms. The van der Waals surface area contributed by atoms with Gasteiger partial charge in [-0.05, 0) is 124 Å². The third-order valence-electron chi connectivity index (χ3n) is 10.1. The van der Waals surface area contributed by atoms with E-state index >= 15 is 0 Å². The lowest BCUT2D eigenvalue weighted by Crippen LogP contribution is -2.24. The Hall–Kier alpha value is -4.40. The van der Waals surface area contributed by atoms with Crippen LogP contribution >= 0.6 is 0 Å². The maximum absolute atomic E-state index is 5.32. The molecule has 0 atom stereocenters. The summed E-state index contributed by atoms with van der Waals surface area (Å²) in [6.07, 6.45) is 15.7. The van der Waals surface area contributed by atoms with Crippen LogP contribution in [0.1, 0.15) is 140 Å². The van der Waals surface area contributed by atoms with Crippen molar-refractivity contribution in [1.82, 2.24) is 19.9 Å². The van der Waals surface area contributed by atoms with E-state index in [1.807, 2.05) is 31.5 Å². The van der Waals surface area contributed by atoms with Crippen LogP contribution < -0.4 is 23.8 Å². The van der Waals surface area contributed by atoms with Crippen LogP contribution in [0.4, 0.5) is 5.82 Å². The molecule has 1 fully saturated rings. The zero-order valence-corrected chi connectivity index (χ0v) is 35.7. The van der Waals surface area contributed by atoms with Crippen LogP contribution in [0.5, 0.6) is 23.0 Å². The Labute approximate surface area is 344 Å². The van der Waals surface area contributed by atoms with Gasteiger partial charge in [0.25, 0.3) is 0 Å². The largest absolute Gasteiger partial charge is 0.454 e. The summed E-state index contributed by atoms with van der Waals surface area (Å²) >= 11 is 0. The summed E-state index contributed by atoms with van der Waals surface area (Å²) < 4.78 is 21.1. The molecule has 0 amide bonds. The smallest absolute Gasteiger partial charge is 0.231 e. The fraction of sp³-hybridized carbons (Fsp3) is 0.583. The molecule has 1 aliphatic carbocycles. The highest BCUT2D eigenvalue weighted by Crippen LogP contribution is 2.34. The van der Waals surface area contributed by atoms with Crippen molar-refractivity contribution in [2.24, 2.45) is 17.8 Å². The summed E-state index contributed by atoms with van der Waals surface area (Å²) in [5.74, 6) is 8.35. The molecular weight excluding hydrogens is 711 g/mol. The van der Waals surface area contributed by atoms with Gasteiger partial charge >= 0.3 is 0 Å². The number of hydrogen-bond acceptors (Lipinski definition) is 9. The lowest BCUT2D eigenvalue weighted by molar-refractivity contribution is 0.173. The van der Waals surface area contributed by atoms with E-state index in [1.165, 1.54) is 79.8 Å². The van der Waals surface area contributed by atoms with Crippen molar-refractivity contribution < 1.29 is 18.9 Å². The average Bonchev–Trinajstić information content (AvgIpc) is 3.98. The molecule has 9 nitrogen and oxygen atoms in total. The minimum atomic E-state index is 0. The number of ether oxygens (including phenoxy) is 4. The number of nitrogens with zero attached hydrogens (tertiary/aromatic N) is 5. The first-order valence-electron chi connectivity index (χ1n) is 21.1. The Bertz CT molecular complexity index is 1800. The molecule has 0 N–H and O–H groups in total. The minimum absolute atomic E-state index is 0. The Kier molecular flexibility index (Phi) is 17.9. The van der Waals surface area contributed by atoms with Crippen LogP contribution in [0.15, 0.2) is 48.8 Å². The molecule has 1 saturated heterocycles. The normalized spacial score (nSPS) is 14.6. The van der Waals surface area contributed by atoms with E-state index < -0.39 is 0 Å². The van der Waals surface area contributed by atoms with Gasteiger partial charge in [0.05, 0.1) is 11.4 Å². The van der Waals surface area contributed by atoms with Crippen LogP contribution in [-0.4, -0.2) is 46.6 Å². The van der Waals surface area contributed by atoms with E-state index in [9.17, 15) is 0 Å². The molecule has 0 radical (unpaired) electrons. The van der Waals surface area contributed by atoms with Crippen LogP contribution in [-0.2, 0) is 32.1 Å². The quantitative estimate of drug-likeness (QED) is 0.165. The molecule has 2 aromatic carbocycles. The molecule has 5 heterocycles. The maximum Gasteiger partial charge on any atom is 0.231 e. The van der Waals surface area contributed by atoms with Gasteiger partial charge in [-0.3, -0.25) is 9.97 Å². The lowest BCUT2D eigenvalue weighted by Gasteiger charge is -2.25. The fourth-order valence-corrected chi connectivity index (χ4v) is 7.08. The van der Waals surface area contributed by atoms with E-state index in [-0.39, 0.29) is 7.43 Å². The van der Waals surface area contributed by atoms with Crippen molar-refractivity contribution in [1.29, 1.82) is 0 Å². The molecule has 4 aromatic rings. The van der Waals surface area contributed by atoms with Gasteiger partial charge < -0.3 is 23.8 Å². The predicted molar refractivity (Wildman–Crippen MR) is 233 cm³/mol. The van der Waals surface area contributed by atoms with Crippen LogP contribution in [0.3, 0.4) is 0 Å². The average molecular weight is 782 g/mol. The van der Waals surface area contributed by atoms with Crippen LogP contribution in [0, 0.1) is 24.7 Å². The first-order valence-corrected chi connectivity index (χ1v) is 21.1. The van der Waals surface area contributed by atoms with Crippen molar-refractivity contribution in [3.8, 4) is 23.0 Å². The summed E-state index contributed by atoms with van der Waals surface area (Å²) in [7, 11) is 0. The molecule has 0 saturated carbocycles. The van der Waals surface area contributed by atoms with Gasteiger partial charge in [-0.1, -0.05) is 74.9 Å². The summed E-state index contributed by atoms with van der Waals surface area (Å²) in [5, 5.41) is 0. The Morgan fingerprint density at radius 3 is 1.81 bits per heavy atom. The standard InChI is InChI=1S/C15H23N3.C12H16O2.C11H14O2.C9H14N2.CH4/c1-11(2)14-16-13-8-4-3-7-12(13)15(17-14)18-9-5-6-10-18;1-9(2)3-4-10-5-6-11-12(7-10)14-8-13-11;1-8(2)5-9-3-4-10-11(6-9)13-7-12-10;1-7(2)4-9-6-10-8(3)5-11-9;/h11H,3-10H2,1-2H3;5-7,9H,3-4,8H2,1-2H3;3-4,6,8H,5,7H2,1-2H3;5-7H,4H2,1-3H3;1H4.